The molecule has 2 aromatic heterocycles. The van der Waals surface area contributed by atoms with E-state index in [0.717, 1.165) is 12.2 Å². The van der Waals surface area contributed by atoms with Crippen LogP contribution in [-0.4, -0.2) is 30.4 Å². The number of hydrogen-bond acceptors (Lipinski definition) is 5. The molecule has 24 heavy (non-hydrogen) atoms. The lowest BCUT2D eigenvalue weighted by atomic mass is 10.2. The van der Waals surface area contributed by atoms with Crippen LogP contribution in [0.3, 0.4) is 0 Å². The summed E-state index contributed by atoms with van der Waals surface area (Å²) < 4.78 is 3.30. The third kappa shape index (κ3) is 3.79. The molecule has 0 saturated carbocycles. The number of aromatic nitrogens is 4. The van der Waals surface area contributed by atoms with Gasteiger partial charge < -0.3 is 5.32 Å². The monoisotopic (exact) mass is 334 g/mol. The number of amides is 1. The van der Waals surface area contributed by atoms with Crippen molar-refractivity contribution in [3.8, 4) is 0 Å². The van der Waals surface area contributed by atoms with Crippen LogP contribution in [0.5, 0.6) is 0 Å². The maximum atomic E-state index is 12.1. The summed E-state index contributed by atoms with van der Waals surface area (Å²) in [6.07, 6.45) is 2.06. The summed E-state index contributed by atoms with van der Waals surface area (Å²) in [6, 6.07) is 1.68. The molecule has 1 N–H and O–H groups in total. The fourth-order valence-corrected chi connectivity index (χ4v) is 2.55. The minimum Gasteiger partial charge on any atom is -0.348 e. The molecule has 0 fully saturated rings. The van der Waals surface area contributed by atoms with Gasteiger partial charge >= 0.3 is 5.69 Å². The minimum absolute atomic E-state index is 0.00822. The van der Waals surface area contributed by atoms with Gasteiger partial charge in [0.15, 0.2) is 0 Å². The van der Waals surface area contributed by atoms with Crippen LogP contribution in [0.1, 0.15) is 43.4 Å². The molecular weight excluding hydrogens is 312 g/mol. The Kier molecular flexibility index (Phi) is 5.32. The van der Waals surface area contributed by atoms with E-state index in [1.54, 1.807) is 18.5 Å². The standard InChI is InChI=1S/C15H22N6O3/c1-5-19-8-6-13(18-19)10(2)16-14(22)7-9-20-12(4)15(21(23)24)11(3)17-20/h6,8,10H,5,7,9H2,1-4H3,(H,16,22). The number of carbonyl (C=O) groups excluding carboxylic acids is 1. The van der Waals surface area contributed by atoms with Gasteiger partial charge in [0.1, 0.15) is 11.4 Å². The van der Waals surface area contributed by atoms with Gasteiger partial charge in [-0.2, -0.15) is 10.2 Å². The summed E-state index contributed by atoms with van der Waals surface area (Å²) in [4.78, 5) is 22.6. The zero-order valence-corrected chi connectivity index (χ0v) is 14.3. The number of hydrogen-bond donors (Lipinski definition) is 1. The maximum Gasteiger partial charge on any atom is 0.312 e. The van der Waals surface area contributed by atoms with Gasteiger partial charge in [0.2, 0.25) is 5.91 Å². The SMILES string of the molecule is CCn1ccc(C(C)NC(=O)CCn2nc(C)c([N+](=O)[O-])c2C)n1. The predicted molar refractivity (Wildman–Crippen MR) is 87.4 cm³/mol. The fraction of sp³-hybridized carbons (Fsp3) is 0.533. The second-order valence-electron chi connectivity index (χ2n) is 5.64. The molecule has 2 aromatic rings. The molecule has 1 unspecified atom stereocenters. The van der Waals surface area contributed by atoms with Gasteiger partial charge in [0.25, 0.3) is 0 Å². The Morgan fingerprint density at radius 3 is 2.67 bits per heavy atom. The van der Waals surface area contributed by atoms with Crippen LogP contribution in [0.2, 0.25) is 0 Å². The lowest BCUT2D eigenvalue weighted by Gasteiger charge is -2.12. The average molecular weight is 334 g/mol. The van der Waals surface area contributed by atoms with Crippen molar-refractivity contribution in [3.63, 3.8) is 0 Å². The van der Waals surface area contributed by atoms with E-state index in [4.69, 9.17) is 0 Å². The van der Waals surface area contributed by atoms with Crippen LogP contribution in [0.15, 0.2) is 12.3 Å². The quantitative estimate of drug-likeness (QED) is 0.614. The first-order valence-electron chi connectivity index (χ1n) is 7.84. The molecule has 1 amide bonds. The molecule has 0 aliphatic heterocycles. The van der Waals surface area contributed by atoms with E-state index >= 15 is 0 Å². The van der Waals surface area contributed by atoms with Crippen molar-refractivity contribution in [2.45, 2.75) is 53.2 Å². The number of nitro groups is 1. The smallest absolute Gasteiger partial charge is 0.312 e. The third-order valence-electron chi connectivity index (χ3n) is 3.88. The highest BCUT2D eigenvalue weighted by atomic mass is 16.6. The number of carbonyl (C=O) groups is 1. The molecule has 0 spiro atoms. The first-order chi connectivity index (χ1) is 11.3. The number of aryl methyl sites for hydroxylation is 3. The summed E-state index contributed by atoms with van der Waals surface area (Å²) in [5.74, 6) is -0.149. The highest BCUT2D eigenvalue weighted by Gasteiger charge is 2.22. The molecule has 0 aliphatic rings. The zero-order valence-electron chi connectivity index (χ0n) is 14.3. The van der Waals surface area contributed by atoms with Crippen LogP contribution >= 0.6 is 0 Å². The highest BCUT2D eigenvalue weighted by molar-refractivity contribution is 5.76. The van der Waals surface area contributed by atoms with Gasteiger partial charge in [0.05, 0.1) is 23.2 Å². The van der Waals surface area contributed by atoms with Crippen LogP contribution in [-0.2, 0) is 17.9 Å². The van der Waals surface area contributed by atoms with Crippen molar-refractivity contribution in [2.75, 3.05) is 0 Å². The topological polar surface area (TPSA) is 108 Å². The van der Waals surface area contributed by atoms with Crippen LogP contribution in [0.25, 0.3) is 0 Å². The maximum absolute atomic E-state index is 12.1. The Balaban J connectivity index is 1.94. The predicted octanol–water partition coefficient (Wildman–Crippen LogP) is 1.89. The van der Waals surface area contributed by atoms with Crippen LogP contribution in [0, 0.1) is 24.0 Å². The minimum atomic E-state index is -0.444. The summed E-state index contributed by atoms with van der Waals surface area (Å²) in [5.41, 5.74) is 1.62. The molecule has 0 aliphatic carbocycles. The summed E-state index contributed by atoms with van der Waals surface area (Å²) in [6.45, 7) is 8.16. The lowest BCUT2D eigenvalue weighted by Crippen LogP contribution is -2.28. The number of nitrogens with zero attached hydrogens (tertiary/aromatic N) is 5. The van der Waals surface area contributed by atoms with Crippen molar-refractivity contribution in [1.82, 2.24) is 24.9 Å². The van der Waals surface area contributed by atoms with E-state index < -0.39 is 4.92 Å². The van der Waals surface area contributed by atoms with Crippen LogP contribution in [0.4, 0.5) is 5.69 Å². The van der Waals surface area contributed by atoms with Crippen molar-refractivity contribution >= 4 is 11.6 Å². The van der Waals surface area contributed by atoms with Gasteiger partial charge in [0, 0.05) is 19.2 Å². The van der Waals surface area contributed by atoms with E-state index in [9.17, 15) is 14.9 Å². The molecule has 9 heteroatoms. The molecule has 0 aromatic carbocycles. The summed E-state index contributed by atoms with van der Waals surface area (Å²) in [7, 11) is 0. The average Bonchev–Trinajstić information content (AvgIpc) is 3.09. The summed E-state index contributed by atoms with van der Waals surface area (Å²) in [5, 5.41) is 22.4. The number of rotatable bonds is 7. The highest BCUT2D eigenvalue weighted by Crippen LogP contribution is 2.21. The normalized spacial score (nSPS) is 12.2. The van der Waals surface area contributed by atoms with Gasteiger partial charge in [-0.3, -0.25) is 24.3 Å². The van der Waals surface area contributed by atoms with Crippen molar-refractivity contribution in [2.24, 2.45) is 0 Å². The first kappa shape index (κ1) is 17.6. The molecule has 0 saturated heterocycles. The Hall–Kier alpha value is -2.71. The molecule has 9 nitrogen and oxygen atoms in total. The second-order valence-corrected chi connectivity index (χ2v) is 5.64. The molecule has 2 heterocycles. The largest absolute Gasteiger partial charge is 0.348 e. The Morgan fingerprint density at radius 2 is 2.12 bits per heavy atom. The Labute approximate surface area is 139 Å². The van der Waals surface area contributed by atoms with Gasteiger partial charge in [-0.15, -0.1) is 0 Å². The number of nitrogens with one attached hydrogen (secondary N) is 1. The van der Waals surface area contributed by atoms with E-state index in [2.05, 4.69) is 15.5 Å². The second kappa shape index (κ2) is 7.24. The Bertz CT molecular complexity index is 748. The van der Waals surface area contributed by atoms with E-state index in [1.165, 1.54) is 4.68 Å². The Morgan fingerprint density at radius 1 is 1.42 bits per heavy atom. The van der Waals surface area contributed by atoms with Gasteiger partial charge in [-0.25, -0.2) is 0 Å². The van der Waals surface area contributed by atoms with Gasteiger partial charge in [-0.1, -0.05) is 0 Å². The van der Waals surface area contributed by atoms with Gasteiger partial charge in [-0.05, 0) is 33.8 Å². The van der Waals surface area contributed by atoms with E-state index in [0.29, 0.717) is 17.9 Å². The molecule has 0 radical (unpaired) electrons. The van der Waals surface area contributed by atoms with Crippen molar-refractivity contribution in [3.05, 3.63) is 39.5 Å². The molecular formula is C15H22N6O3. The van der Waals surface area contributed by atoms with E-state index in [-0.39, 0.29) is 24.1 Å². The lowest BCUT2D eigenvalue weighted by molar-refractivity contribution is -0.386. The first-order valence-corrected chi connectivity index (χ1v) is 7.84. The third-order valence-corrected chi connectivity index (χ3v) is 3.88. The fourth-order valence-electron chi connectivity index (χ4n) is 2.55. The zero-order chi connectivity index (χ0) is 17.9. The molecule has 1 atom stereocenters. The van der Waals surface area contributed by atoms with E-state index in [1.807, 2.05) is 26.1 Å². The molecule has 130 valence electrons. The molecule has 0 bridgehead atoms. The van der Waals surface area contributed by atoms with Crippen molar-refractivity contribution in [1.29, 1.82) is 0 Å². The van der Waals surface area contributed by atoms with Crippen molar-refractivity contribution < 1.29 is 9.72 Å². The van der Waals surface area contributed by atoms with Crippen LogP contribution < -0.4 is 5.32 Å². The summed E-state index contributed by atoms with van der Waals surface area (Å²) >= 11 is 0. The molecule has 2 rings (SSSR count).